The van der Waals surface area contributed by atoms with Gasteiger partial charge in [0.15, 0.2) is 0 Å². The quantitative estimate of drug-likeness (QED) is 0.743. The first-order chi connectivity index (χ1) is 13.0. The molecule has 3 atom stereocenters. The van der Waals surface area contributed by atoms with Crippen LogP contribution in [0.5, 0.6) is 0 Å². The Balaban J connectivity index is 1.93. The van der Waals surface area contributed by atoms with Gasteiger partial charge in [0.25, 0.3) is 0 Å². The Hall–Kier alpha value is -1.89. The van der Waals surface area contributed by atoms with Gasteiger partial charge in [-0.2, -0.15) is 0 Å². The van der Waals surface area contributed by atoms with Crippen LogP contribution in [0.25, 0.3) is 0 Å². The average Bonchev–Trinajstić information content (AvgIpc) is 3.12. The minimum absolute atomic E-state index is 0.114. The van der Waals surface area contributed by atoms with Crippen LogP contribution < -0.4 is 10.6 Å². The Morgan fingerprint density at radius 2 is 2.00 bits per heavy atom. The molecule has 1 aliphatic rings. The molecule has 7 nitrogen and oxygen atoms in total. The molecule has 158 valence electrons. The van der Waals surface area contributed by atoms with Gasteiger partial charge in [-0.05, 0) is 24.2 Å². The monoisotopic (exact) mass is 392 g/mol. The smallest absolute Gasteiger partial charge is 0.243 e. The lowest BCUT2D eigenvalue weighted by molar-refractivity contribution is -0.130. The maximum Gasteiger partial charge on any atom is 0.243 e. The second-order valence-corrected chi connectivity index (χ2v) is 9.20. The van der Waals surface area contributed by atoms with E-state index >= 15 is 0 Å². The van der Waals surface area contributed by atoms with E-state index in [1.807, 2.05) is 27.7 Å². The summed E-state index contributed by atoms with van der Waals surface area (Å²) in [5.41, 5.74) is 1.81. The summed E-state index contributed by atoms with van der Waals surface area (Å²) >= 11 is 0. The molecule has 1 aliphatic heterocycles. The van der Waals surface area contributed by atoms with Crippen molar-refractivity contribution >= 4 is 11.8 Å². The van der Waals surface area contributed by atoms with Gasteiger partial charge in [0, 0.05) is 45.1 Å². The molecule has 0 spiro atoms. The van der Waals surface area contributed by atoms with Gasteiger partial charge in [-0.1, -0.05) is 39.8 Å². The van der Waals surface area contributed by atoms with Gasteiger partial charge < -0.3 is 15.2 Å². The number of likely N-dealkylation sites (tertiary alicyclic amines) is 1. The molecule has 0 aromatic carbocycles. The SMILES string of the molecule is CCc1onc(C)c1CN1C[C@@H](CNC(=O)[C@@H](NC(C)=O)C(C)(C)C)[C@H](C)C1. The van der Waals surface area contributed by atoms with E-state index in [4.69, 9.17) is 4.52 Å². The van der Waals surface area contributed by atoms with Gasteiger partial charge in [-0.25, -0.2) is 0 Å². The largest absolute Gasteiger partial charge is 0.361 e. The molecular weight excluding hydrogens is 356 g/mol. The first-order valence-electron chi connectivity index (χ1n) is 10.2. The second kappa shape index (κ2) is 9.07. The highest BCUT2D eigenvalue weighted by atomic mass is 16.5. The lowest BCUT2D eigenvalue weighted by Crippen LogP contribution is -2.53. The van der Waals surface area contributed by atoms with Crippen LogP contribution in [0, 0.1) is 24.2 Å². The third kappa shape index (κ3) is 5.56. The Labute approximate surface area is 168 Å². The molecule has 1 aromatic heterocycles. The third-order valence-electron chi connectivity index (χ3n) is 5.63. The number of nitrogens with one attached hydrogen (secondary N) is 2. The van der Waals surface area contributed by atoms with Crippen molar-refractivity contribution in [3.05, 3.63) is 17.0 Å². The number of rotatable bonds is 7. The highest BCUT2D eigenvalue weighted by molar-refractivity contribution is 5.87. The predicted molar refractivity (Wildman–Crippen MR) is 109 cm³/mol. The van der Waals surface area contributed by atoms with Gasteiger partial charge in [0.2, 0.25) is 11.8 Å². The zero-order valence-electron chi connectivity index (χ0n) is 18.4. The van der Waals surface area contributed by atoms with Gasteiger partial charge in [-0.3, -0.25) is 14.5 Å². The summed E-state index contributed by atoms with van der Waals surface area (Å²) in [6.45, 7) is 17.0. The highest BCUT2D eigenvalue weighted by Gasteiger charge is 2.34. The number of hydrogen-bond acceptors (Lipinski definition) is 5. The molecule has 2 N–H and O–H groups in total. The molecule has 1 fully saturated rings. The first-order valence-corrected chi connectivity index (χ1v) is 10.2. The normalized spacial score (nSPS) is 21.5. The maximum absolute atomic E-state index is 12.7. The van der Waals surface area contributed by atoms with Crippen molar-refractivity contribution < 1.29 is 14.1 Å². The van der Waals surface area contributed by atoms with Crippen molar-refractivity contribution in [2.45, 2.75) is 67.5 Å². The minimum Gasteiger partial charge on any atom is -0.361 e. The van der Waals surface area contributed by atoms with Crippen LogP contribution in [0.2, 0.25) is 0 Å². The fourth-order valence-corrected chi connectivity index (χ4v) is 3.89. The number of hydrogen-bond donors (Lipinski definition) is 2. The molecule has 2 heterocycles. The maximum atomic E-state index is 12.7. The average molecular weight is 393 g/mol. The van der Waals surface area contributed by atoms with Gasteiger partial charge in [0.1, 0.15) is 11.8 Å². The molecule has 28 heavy (non-hydrogen) atoms. The number of carbonyl (C=O) groups is 2. The van der Waals surface area contributed by atoms with Crippen molar-refractivity contribution in [3.63, 3.8) is 0 Å². The summed E-state index contributed by atoms with van der Waals surface area (Å²) in [7, 11) is 0. The molecule has 0 bridgehead atoms. The van der Waals surface area contributed by atoms with E-state index in [2.05, 4.69) is 34.5 Å². The highest BCUT2D eigenvalue weighted by Crippen LogP contribution is 2.26. The van der Waals surface area contributed by atoms with Crippen LogP contribution in [0.3, 0.4) is 0 Å². The molecule has 2 rings (SSSR count). The van der Waals surface area contributed by atoms with Crippen LogP contribution in [-0.2, 0) is 22.6 Å². The summed E-state index contributed by atoms with van der Waals surface area (Å²) in [6, 6.07) is -0.537. The van der Waals surface area contributed by atoms with Crippen LogP contribution in [0.15, 0.2) is 4.52 Å². The van der Waals surface area contributed by atoms with Gasteiger partial charge >= 0.3 is 0 Å². The third-order valence-corrected chi connectivity index (χ3v) is 5.63. The van der Waals surface area contributed by atoms with Crippen LogP contribution in [0.1, 0.15) is 58.6 Å². The Bertz CT molecular complexity index is 692. The van der Waals surface area contributed by atoms with E-state index in [1.54, 1.807) is 0 Å². The number of amides is 2. The lowest BCUT2D eigenvalue weighted by atomic mass is 9.86. The topological polar surface area (TPSA) is 87.5 Å². The molecule has 1 aromatic rings. The molecule has 1 saturated heterocycles. The fourth-order valence-electron chi connectivity index (χ4n) is 3.89. The number of nitrogens with zero attached hydrogens (tertiary/aromatic N) is 2. The molecule has 0 saturated carbocycles. The standard InChI is InChI=1S/C21H36N4O3/c1-8-18-17(14(3)24-28-18)12-25-10-13(2)16(11-25)9-22-20(27)19(21(5,6)7)23-15(4)26/h13,16,19H,8-12H2,1-7H3,(H,22,27)(H,23,26)/t13-,16-,19-/m1/s1. The van der Waals surface area contributed by atoms with Crippen LogP contribution in [0.4, 0.5) is 0 Å². The zero-order valence-corrected chi connectivity index (χ0v) is 18.4. The van der Waals surface area contributed by atoms with E-state index in [-0.39, 0.29) is 17.2 Å². The van der Waals surface area contributed by atoms with E-state index in [1.165, 1.54) is 12.5 Å². The predicted octanol–water partition coefficient (Wildman–Crippen LogP) is 2.28. The van der Waals surface area contributed by atoms with Crippen molar-refractivity contribution in [3.8, 4) is 0 Å². The van der Waals surface area contributed by atoms with Gasteiger partial charge in [0.05, 0.1) is 5.69 Å². The molecule has 2 amide bonds. The number of carbonyl (C=O) groups excluding carboxylic acids is 2. The lowest BCUT2D eigenvalue weighted by Gasteiger charge is -2.30. The van der Waals surface area contributed by atoms with E-state index in [0.717, 1.165) is 37.5 Å². The minimum atomic E-state index is -0.537. The van der Waals surface area contributed by atoms with Crippen LogP contribution >= 0.6 is 0 Å². The summed E-state index contributed by atoms with van der Waals surface area (Å²) < 4.78 is 5.41. The first kappa shape index (κ1) is 22.4. The summed E-state index contributed by atoms with van der Waals surface area (Å²) in [5.74, 6) is 1.53. The summed E-state index contributed by atoms with van der Waals surface area (Å²) in [6.07, 6.45) is 0.844. The molecule has 0 aliphatic carbocycles. The summed E-state index contributed by atoms with van der Waals surface area (Å²) in [5, 5.41) is 9.95. The second-order valence-electron chi connectivity index (χ2n) is 9.20. The number of aryl methyl sites for hydroxylation is 2. The van der Waals surface area contributed by atoms with Crippen molar-refractivity contribution in [1.82, 2.24) is 20.7 Å². The molecule has 0 unspecified atom stereocenters. The van der Waals surface area contributed by atoms with Crippen molar-refractivity contribution in [1.29, 1.82) is 0 Å². The Morgan fingerprint density at radius 1 is 1.32 bits per heavy atom. The van der Waals surface area contributed by atoms with E-state index in [9.17, 15) is 9.59 Å². The van der Waals surface area contributed by atoms with Crippen LogP contribution in [-0.4, -0.2) is 47.5 Å². The molecule has 0 radical (unpaired) electrons. The van der Waals surface area contributed by atoms with Crippen molar-refractivity contribution in [2.24, 2.45) is 17.3 Å². The Kier molecular flexibility index (Phi) is 7.26. The number of aromatic nitrogens is 1. The Morgan fingerprint density at radius 3 is 2.57 bits per heavy atom. The summed E-state index contributed by atoms with van der Waals surface area (Å²) in [4.78, 5) is 26.6. The molecular formula is C21H36N4O3. The van der Waals surface area contributed by atoms with E-state index in [0.29, 0.717) is 18.4 Å². The van der Waals surface area contributed by atoms with Crippen molar-refractivity contribution in [2.75, 3.05) is 19.6 Å². The van der Waals surface area contributed by atoms with Gasteiger partial charge in [-0.15, -0.1) is 0 Å². The van der Waals surface area contributed by atoms with E-state index < -0.39 is 6.04 Å². The zero-order chi connectivity index (χ0) is 21.1. The molecule has 7 heteroatoms. The fraction of sp³-hybridized carbons (Fsp3) is 0.762.